The molecule has 0 fully saturated rings. The Bertz CT molecular complexity index is 2350. The Balaban J connectivity index is 1.55. The van der Waals surface area contributed by atoms with Gasteiger partial charge in [0.05, 0.1) is 0 Å². The predicted molar refractivity (Wildman–Crippen MR) is 254 cm³/mol. The Hall–Kier alpha value is -4.67. The van der Waals surface area contributed by atoms with Gasteiger partial charge in [-0.1, -0.05) is 157 Å². The van der Waals surface area contributed by atoms with Crippen LogP contribution in [0.4, 0.5) is 0 Å². The predicted octanol–water partition coefficient (Wildman–Crippen LogP) is 15.0. The second kappa shape index (κ2) is 16.8. The van der Waals surface area contributed by atoms with Gasteiger partial charge in [-0.2, -0.15) is 0 Å². The molecule has 0 heterocycles. The summed E-state index contributed by atoms with van der Waals surface area (Å²) in [6.07, 6.45) is 2.18. The summed E-state index contributed by atoms with van der Waals surface area (Å²) >= 11 is 1.77. The van der Waals surface area contributed by atoms with Crippen LogP contribution >= 0.6 is 11.8 Å². The second-order valence-corrected chi connectivity index (χ2v) is 22.0. The molecule has 5 rings (SSSR count). The molecule has 59 heavy (non-hydrogen) atoms. The first-order valence-corrected chi connectivity index (χ1v) is 21.7. The van der Waals surface area contributed by atoms with E-state index in [4.69, 9.17) is 0 Å². The molecule has 5 aromatic carbocycles. The smallest absolute Gasteiger partial charge is 0.126 e. The van der Waals surface area contributed by atoms with Crippen molar-refractivity contribution in [3.8, 4) is 17.2 Å². The normalized spacial score (nSPS) is 12.5. The number of benzene rings is 5. The number of phenols is 3. The molecule has 0 saturated carbocycles. The maximum Gasteiger partial charge on any atom is 0.126 e. The van der Waals surface area contributed by atoms with Crippen LogP contribution in [0.25, 0.3) is 11.1 Å². The summed E-state index contributed by atoms with van der Waals surface area (Å²) in [6.45, 7) is 38.0. The maximum absolute atomic E-state index is 11.4. The number of aromatic hydroxyl groups is 3. The molecule has 3 nitrogen and oxygen atoms in total. The number of allylic oxidation sites excluding steroid dienone is 2. The van der Waals surface area contributed by atoms with E-state index in [0.717, 1.165) is 73.4 Å². The average molecular weight is 809 g/mol. The van der Waals surface area contributed by atoms with Crippen LogP contribution in [0.1, 0.15) is 164 Å². The molecule has 5 aromatic rings. The van der Waals surface area contributed by atoms with Crippen molar-refractivity contribution in [2.75, 3.05) is 0 Å². The quantitative estimate of drug-likeness (QED) is 0.132. The Kier molecular flexibility index (Phi) is 12.9. The Morgan fingerprint density at radius 2 is 0.797 bits per heavy atom. The van der Waals surface area contributed by atoms with E-state index in [1.807, 2.05) is 13.8 Å². The summed E-state index contributed by atoms with van der Waals surface area (Å²) in [5.74, 6) is 1.04. The highest BCUT2D eigenvalue weighted by Gasteiger charge is 2.27. The van der Waals surface area contributed by atoms with Gasteiger partial charge in [0.1, 0.15) is 17.2 Å². The topological polar surface area (TPSA) is 60.7 Å². The number of rotatable bonds is 10. The van der Waals surface area contributed by atoms with Gasteiger partial charge in [-0.05, 0) is 141 Å². The van der Waals surface area contributed by atoms with Crippen molar-refractivity contribution in [1.29, 1.82) is 0 Å². The fourth-order valence-corrected chi connectivity index (χ4v) is 8.72. The Morgan fingerprint density at radius 3 is 1.20 bits per heavy atom. The van der Waals surface area contributed by atoms with E-state index in [0.29, 0.717) is 23.7 Å². The summed E-state index contributed by atoms with van der Waals surface area (Å²) in [4.78, 5) is 2.33. The molecule has 3 N–H and O–H groups in total. The molecule has 0 aliphatic rings. The van der Waals surface area contributed by atoms with Crippen LogP contribution in [0.3, 0.4) is 0 Å². The molecule has 312 valence electrons. The molecule has 0 aromatic heterocycles. The van der Waals surface area contributed by atoms with Gasteiger partial charge in [0.25, 0.3) is 0 Å². The van der Waals surface area contributed by atoms with Crippen molar-refractivity contribution in [2.24, 2.45) is 0 Å². The van der Waals surface area contributed by atoms with Gasteiger partial charge in [0.2, 0.25) is 0 Å². The lowest BCUT2D eigenvalue weighted by Crippen LogP contribution is -2.18. The average Bonchev–Trinajstić information content (AvgIpc) is 3.10. The molecule has 0 bridgehead atoms. The number of hydrogen-bond acceptors (Lipinski definition) is 4. The zero-order valence-electron chi connectivity index (χ0n) is 38.3. The van der Waals surface area contributed by atoms with Crippen molar-refractivity contribution in [3.63, 3.8) is 0 Å². The van der Waals surface area contributed by atoms with Gasteiger partial charge < -0.3 is 15.3 Å². The van der Waals surface area contributed by atoms with Crippen LogP contribution in [0.15, 0.2) is 102 Å². The summed E-state index contributed by atoms with van der Waals surface area (Å²) in [6, 6.07) is 28.5. The molecule has 0 saturated heterocycles. The van der Waals surface area contributed by atoms with Crippen molar-refractivity contribution >= 4 is 22.9 Å². The van der Waals surface area contributed by atoms with Gasteiger partial charge in [0.15, 0.2) is 0 Å². The zero-order valence-corrected chi connectivity index (χ0v) is 39.1. The molecule has 0 amide bonds. The van der Waals surface area contributed by atoms with Crippen LogP contribution in [0.2, 0.25) is 0 Å². The summed E-state index contributed by atoms with van der Waals surface area (Å²) in [5.41, 5.74) is 13.3. The summed E-state index contributed by atoms with van der Waals surface area (Å²) < 4.78 is 0. The highest BCUT2D eigenvalue weighted by Crippen LogP contribution is 2.43. The fourth-order valence-electron chi connectivity index (χ4n) is 7.80. The largest absolute Gasteiger partial charge is 0.507 e. The molecule has 0 spiro atoms. The standard InChI is InChI=1S/C55H68O3S/c1-33(2)42-27-37(29-44(49(42)56)52(5,6)7)23-35-17-20-41(21-18-35)59-48-22-19-36(24-38-30-46(54(11,12)13)51(58)47(31-38)55(14,15)16)25-40(48)26-39-28-43(34(3)4)50(57)45(32-39)53(8,9)10/h17-22,25,27-32,56-58H,1,3,23-24,26H2,2,4-16H3. The van der Waals surface area contributed by atoms with Crippen LogP contribution in [-0.2, 0) is 40.9 Å². The van der Waals surface area contributed by atoms with E-state index in [1.165, 1.54) is 27.1 Å². The maximum atomic E-state index is 11.4. The molecule has 0 atom stereocenters. The third-order valence-electron chi connectivity index (χ3n) is 11.1. The highest BCUT2D eigenvalue weighted by molar-refractivity contribution is 7.99. The van der Waals surface area contributed by atoms with E-state index < -0.39 is 0 Å². The molecule has 4 heteroatoms. The molecule has 0 unspecified atom stereocenters. The number of hydrogen-bond donors (Lipinski definition) is 3. The highest BCUT2D eigenvalue weighted by atomic mass is 32.2. The van der Waals surface area contributed by atoms with E-state index in [1.54, 1.807) is 11.8 Å². The van der Waals surface area contributed by atoms with Crippen LogP contribution < -0.4 is 0 Å². The Morgan fingerprint density at radius 1 is 0.441 bits per heavy atom. The van der Waals surface area contributed by atoms with Gasteiger partial charge in [-0.15, -0.1) is 0 Å². The first-order valence-electron chi connectivity index (χ1n) is 20.9. The zero-order chi connectivity index (χ0) is 44.0. The lowest BCUT2D eigenvalue weighted by Gasteiger charge is -2.28. The molecular weight excluding hydrogens is 741 g/mol. The van der Waals surface area contributed by atoms with Crippen LogP contribution in [-0.4, -0.2) is 15.3 Å². The first kappa shape index (κ1) is 45.4. The summed E-state index contributed by atoms with van der Waals surface area (Å²) in [7, 11) is 0. The number of phenolic OH excluding ortho intramolecular Hbond substituents is 3. The van der Waals surface area contributed by atoms with E-state index in [-0.39, 0.29) is 21.7 Å². The Labute approximate surface area is 360 Å². The van der Waals surface area contributed by atoms with Gasteiger partial charge in [-0.25, -0.2) is 0 Å². The monoisotopic (exact) mass is 808 g/mol. The third-order valence-corrected chi connectivity index (χ3v) is 12.3. The minimum Gasteiger partial charge on any atom is -0.507 e. The molecule has 0 aliphatic heterocycles. The van der Waals surface area contributed by atoms with Crippen LogP contribution in [0.5, 0.6) is 17.2 Å². The van der Waals surface area contributed by atoms with Crippen molar-refractivity contribution in [2.45, 2.75) is 148 Å². The SMILES string of the molecule is C=C(C)c1cc(Cc2ccc(Sc3ccc(Cc4cc(C(C)(C)C)c(O)c(C(C)(C)C)c4)cc3Cc3cc(C(=C)C)c(O)c(C(C)(C)C)c3)cc2)cc(C(C)(C)C)c1O. The minimum atomic E-state index is -0.250. The molecule has 0 radical (unpaired) electrons. The third kappa shape index (κ3) is 10.7. The van der Waals surface area contributed by atoms with E-state index in [9.17, 15) is 15.3 Å². The molecule has 0 aliphatic carbocycles. The van der Waals surface area contributed by atoms with Gasteiger partial charge in [0, 0.05) is 32.0 Å². The first-order chi connectivity index (χ1) is 27.1. The summed E-state index contributed by atoms with van der Waals surface area (Å²) in [5, 5.41) is 33.8. The van der Waals surface area contributed by atoms with Gasteiger partial charge in [-0.3, -0.25) is 0 Å². The van der Waals surface area contributed by atoms with Crippen molar-refractivity contribution < 1.29 is 15.3 Å². The van der Waals surface area contributed by atoms with E-state index >= 15 is 0 Å². The minimum absolute atomic E-state index is 0.201. The second-order valence-electron chi connectivity index (χ2n) is 20.9. The fraction of sp³-hybridized carbons (Fsp3) is 0.382. The van der Waals surface area contributed by atoms with Crippen LogP contribution in [0, 0.1) is 0 Å². The van der Waals surface area contributed by atoms with Crippen molar-refractivity contribution in [3.05, 3.63) is 159 Å². The lowest BCUT2D eigenvalue weighted by atomic mass is 9.78. The molecular formula is C55H68O3S. The van der Waals surface area contributed by atoms with E-state index in [2.05, 4.69) is 175 Å². The van der Waals surface area contributed by atoms with Gasteiger partial charge >= 0.3 is 0 Å². The lowest BCUT2D eigenvalue weighted by molar-refractivity contribution is 0.422. The van der Waals surface area contributed by atoms with Crippen molar-refractivity contribution in [1.82, 2.24) is 0 Å².